The number of hydrogen-bond acceptors (Lipinski definition) is 4. The van der Waals surface area contributed by atoms with E-state index in [-0.39, 0.29) is 0 Å². The van der Waals surface area contributed by atoms with Crippen LogP contribution in [0.4, 0.5) is 0 Å². The molecule has 1 aromatic rings. The summed E-state index contributed by atoms with van der Waals surface area (Å²) in [6.45, 7) is 0.472. The van der Waals surface area contributed by atoms with Crippen LogP contribution in [0.15, 0.2) is 27.8 Å². The smallest absolute Gasteiger partial charge is 0.328 e. The molecule has 0 spiro atoms. The predicted octanol–water partition coefficient (Wildman–Crippen LogP) is 0.891. The van der Waals surface area contributed by atoms with Crippen molar-refractivity contribution < 1.29 is 14.3 Å². The van der Waals surface area contributed by atoms with Gasteiger partial charge in [-0.15, -0.1) is 0 Å². The van der Waals surface area contributed by atoms with Gasteiger partial charge in [0.1, 0.15) is 11.8 Å². The van der Waals surface area contributed by atoms with Crippen LogP contribution >= 0.6 is 0 Å². The lowest BCUT2D eigenvalue weighted by atomic mass is 10.1. The average molecular weight is 210 g/mol. The molecule has 0 aliphatic rings. The first kappa shape index (κ1) is 11.5. The third kappa shape index (κ3) is 3.95. The summed E-state index contributed by atoms with van der Waals surface area (Å²) in [7, 11) is 0. The molecule has 3 N–H and O–H groups in total. The van der Waals surface area contributed by atoms with Crippen molar-refractivity contribution in [2.45, 2.75) is 18.9 Å². The van der Waals surface area contributed by atoms with E-state index in [4.69, 9.17) is 15.3 Å². The highest BCUT2D eigenvalue weighted by atomic mass is 16.4. The second-order valence-electron chi connectivity index (χ2n) is 3.08. The molecular weight excluding hydrogens is 196 g/mol. The number of aliphatic imine (C=N–C) groups is 1. The van der Waals surface area contributed by atoms with Crippen molar-refractivity contribution in [1.82, 2.24) is 0 Å². The molecule has 1 heterocycles. The summed E-state index contributed by atoms with van der Waals surface area (Å²) in [5.74, 6) is -0.389. The second-order valence-corrected chi connectivity index (χ2v) is 3.08. The predicted molar refractivity (Wildman–Crippen MR) is 56.0 cm³/mol. The molecule has 0 saturated heterocycles. The van der Waals surface area contributed by atoms with Crippen molar-refractivity contribution >= 4 is 12.2 Å². The molecule has 0 amide bonds. The van der Waals surface area contributed by atoms with Crippen LogP contribution in [0.5, 0.6) is 0 Å². The number of carboxylic acid groups (broad SMARTS) is 1. The lowest BCUT2D eigenvalue weighted by molar-refractivity contribution is -0.138. The lowest BCUT2D eigenvalue weighted by Gasteiger charge is -2.04. The van der Waals surface area contributed by atoms with Crippen LogP contribution in [-0.2, 0) is 4.79 Å². The van der Waals surface area contributed by atoms with E-state index in [0.29, 0.717) is 25.1 Å². The van der Waals surface area contributed by atoms with E-state index in [0.717, 1.165) is 0 Å². The minimum absolute atomic E-state index is 0.447. The number of nitrogens with zero attached hydrogens (tertiary/aromatic N) is 1. The van der Waals surface area contributed by atoms with Gasteiger partial charge in [-0.1, -0.05) is 0 Å². The summed E-state index contributed by atoms with van der Waals surface area (Å²) in [5.41, 5.74) is 5.30. The molecule has 0 fully saturated rings. The summed E-state index contributed by atoms with van der Waals surface area (Å²) < 4.78 is 5.00. The highest BCUT2D eigenvalue weighted by Crippen LogP contribution is 2.03. The van der Waals surface area contributed by atoms with Gasteiger partial charge in [0.2, 0.25) is 0 Å². The molecule has 1 rings (SSSR count). The van der Waals surface area contributed by atoms with Crippen molar-refractivity contribution in [3.63, 3.8) is 0 Å². The molecule has 5 heteroatoms. The van der Waals surface area contributed by atoms with Gasteiger partial charge < -0.3 is 15.3 Å². The molecule has 82 valence electrons. The van der Waals surface area contributed by atoms with Crippen LogP contribution in [0.1, 0.15) is 18.6 Å². The van der Waals surface area contributed by atoms with Crippen molar-refractivity contribution in [2.24, 2.45) is 10.7 Å². The summed E-state index contributed by atoms with van der Waals surface area (Å²) in [4.78, 5) is 14.7. The molecule has 0 radical (unpaired) electrons. The topological polar surface area (TPSA) is 88.8 Å². The highest BCUT2D eigenvalue weighted by molar-refractivity contribution is 5.81. The number of furan rings is 1. The standard InChI is InChI=1S/C10H14N2O3/c11-5-1-4-9(10(13)14)12-7-8-3-2-6-15-8/h2-3,6-7,9H,1,4-5,11H2,(H,13,14)/t9-/m0/s1. The van der Waals surface area contributed by atoms with Gasteiger partial charge in [-0.2, -0.15) is 0 Å². The van der Waals surface area contributed by atoms with E-state index in [1.165, 1.54) is 12.5 Å². The van der Waals surface area contributed by atoms with E-state index in [9.17, 15) is 4.79 Å². The average Bonchev–Trinajstić information content (AvgIpc) is 2.70. The largest absolute Gasteiger partial charge is 0.480 e. The monoisotopic (exact) mass is 210 g/mol. The SMILES string of the molecule is NCCC[C@H](N=Cc1ccco1)C(=O)O. The fraction of sp³-hybridized carbons (Fsp3) is 0.400. The molecule has 0 unspecified atom stereocenters. The van der Waals surface area contributed by atoms with Crippen molar-refractivity contribution in [1.29, 1.82) is 0 Å². The molecule has 1 atom stereocenters. The fourth-order valence-electron chi connectivity index (χ4n) is 1.10. The summed E-state index contributed by atoms with van der Waals surface area (Å²) in [6.07, 6.45) is 4.03. The quantitative estimate of drug-likeness (QED) is 0.682. The molecule has 0 aliphatic carbocycles. The third-order valence-electron chi connectivity index (χ3n) is 1.89. The zero-order valence-corrected chi connectivity index (χ0v) is 8.30. The highest BCUT2D eigenvalue weighted by Gasteiger charge is 2.14. The Balaban J connectivity index is 2.54. The van der Waals surface area contributed by atoms with Gasteiger partial charge in [-0.3, -0.25) is 4.99 Å². The number of carboxylic acids is 1. The normalized spacial score (nSPS) is 13.1. The first-order chi connectivity index (χ1) is 7.24. The summed E-state index contributed by atoms with van der Waals surface area (Å²) >= 11 is 0. The molecule has 0 saturated carbocycles. The number of carbonyl (C=O) groups is 1. The van der Waals surface area contributed by atoms with Crippen LogP contribution in [0.3, 0.4) is 0 Å². The zero-order chi connectivity index (χ0) is 11.1. The van der Waals surface area contributed by atoms with Crippen LogP contribution in [0.2, 0.25) is 0 Å². The number of hydrogen-bond donors (Lipinski definition) is 2. The molecular formula is C10H14N2O3. The van der Waals surface area contributed by atoms with Gasteiger partial charge in [-0.25, -0.2) is 4.79 Å². The van der Waals surface area contributed by atoms with Gasteiger partial charge in [0.25, 0.3) is 0 Å². The first-order valence-electron chi connectivity index (χ1n) is 4.73. The molecule has 15 heavy (non-hydrogen) atoms. The third-order valence-corrected chi connectivity index (χ3v) is 1.89. The van der Waals surface area contributed by atoms with E-state index >= 15 is 0 Å². The Hall–Kier alpha value is -1.62. The van der Waals surface area contributed by atoms with Crippen LogP contribution < -0.4 is 5.73 Å². The maximum Gasteiger partial charge on any atom is 0.328 e. The first-order valence-corrected chi connectivity index (χ1v) is 4.73. The Kier molecular flexibility index (Phi) is 4.56. The maximum atomic E-state index is 10.8. The Morgan fingerprint density at radius 1 is 1.73 bits per heavy atom. The van der Waals surface area contributed by atoms with Crippen LogP contribution in [0.25, 0.3) is 0 Å². The van der Waals surface area contributed by atoms with E-state index < -0.39 is 12.0 Å². The van der Waals surface area contributed by atoms with Gasteiger partial charge >= 0.3 is 5.97 Å². The van der Waals surface area contributed by atoms with Crippen LogP contribution in [-0.4, -0.2) is 29.9 Å². The second kappa shape index (κ2) is 5.98. The lowest BCUT2D eigenvalue weighted by Crippen LogP contribution is -2.19. The summed E-state index contributed by atoms with van der Waals surface area (Å²) in [6, 6.07) is 2.70. The van der Waals surface area contributed by atoms with Gasteiger partial charge in [0.15, 0.2) is 0 Å². The molecule has 0 bridgehead atoms. The van der Waals surface area contributed by atoms with E-state index in [1.54, 1.807) is 12.1 Å². The van der Waals surface area contributed by atoms with Gasteiger partial charge in [0.05, 0.1) is 12.5 Å². The van der Waals surface area contributed by atoms with E-state index in [1.807, 2.05) is 0 Å². The minimum Gasteiger partial charge on any atom is -0.480 e. The number of aliphatic carboxylic acids is 1. The van der Waals surface area contributed by atoms with Gasteiger partial charge in [0, 0.05) is 0 Å². The fourth-order valence-corrected chi connectivity index (χ4v) is 1.10. The van der Waals surface area contributed by atoms with Crippen LogP contribution in [0, 0.1) is 0 Å². The molecule has 1 aromatic heterocycles. The Bertz CT molecular complexity index is 319. The molecule has 0 aromatic carbocycles. The molecule has 5 nitrogen and oxygen atoms in total. The van der Waals surface area contributed by atoms with E-state index in [2.05, 4.69) is 4.99 Å². The maximum absolute atomic E-state index is 10.8. The Morgan fingerprint density at radius 3 is 3.07 bits per heavy atom. The number of nitrogens with two attached hydrogens (primary N) is 1. The number of rotatable bonds is 6. The minimum atomic E-state index is -0.939. The van der Waals surface area contributed by atoms with Crippen molar-refractivity contribution in [3.8, 4) is 0 Å². The zero-order valence-electron chi connectivity index (χ0n) is 8.30. The Labute approximate surface area is 87.6 Å². The van der Waals surface area contributed by atoms with Crippen molar-refractivity contribution in [2.75, 3.05) is 6.54 Å². The van der Waals surface area contributed by atoms with Crippen molar-refractivity contribution in [3.05, 3.63) is 24.2 Å². The molecule has 0 aliphatic heterocycles. The van der Waals surface area contributed by atoms with Gasteiger partial charge in [-0.05, 0) is 31.5 Å². The Morgan fingerprint density at radius 2 is 2.53 bits per heavy atom. The summed E-state index contributed by atoms with van der Waals surface area (Å²) in [5, 5.41) is 8.84.